The molecule has 0 aliphatic rings. The molecule has 0 aliphatic carbocycles. The zero-order valence-corrected chi connectivity index (χ0v) is 20.8. The SMILES string of the molecule is CCOc1ccc(N=NC(C(C)=O)C(=O)Nc2c(OCC)ccc(Cl)c2OCC)c(OCC)c1. The van der Waals surface area contributed by atoms with Gasteiger partial charge < -0.3 is 24.3 Å². The molecule has 1 atom stereocenters. The van der Waals surface area contributed by atoms with Crippen LogP contribution in [0, 0.1) is 0 Å². The van der Waals surface area contributed by atoms with Crippen molar-refractivity contribution in [3.63, 3.8) is 0 Å². The first-order valence-corrected chi connectivity index (χ1v) is 11.4. The minimum Gasteiger partial charge on any atom is -0.494 e. The lowest BCUT2D eigenvalue weighted by Crippen LogP contribution is -2.32. The van der Waals surface area contributed by atoms with Gasteiger partial charge in [-0.25, -0.2) is 0 Å². The maximum atomic E-state index is 13.1. The Kier molecular flexibility index (Phi) is 10.6. The Labute approximate surface area is 204 Å². The molecule has 184 valence electrons. The van der Waals surface area contributed by atoms with E-state index in [1.54, 1.807) is 44.2 Å². The molecule has 2 aromatic carbocycles. The lowest BCUT2D eigenvalue weighted by molar-refractivity contribution is -0.126. The van der Waals surface area contributed by atoms with Gasteiger partial charge in [0, 0.05) is 6.07 Å². The minimum atomic E-state index is -1.41. The summed E-state index contributed by atoms with van der Waals surface area (Å²) >= 11 is 6.26. The van der Waals surface area contributed by atoms with Crippen LogP contribution in [0.3, 0.4) is 0 Å². The zero-order chi connectivity index (χ0) is 25.1. The van der Waals surface area contributed by atoms with Gasteiger partial charge in [0.25, 0.3) is 5.91 Å². The quantitative estimate of drug-likeness (QED) is 0.288. The number of carbonyl (C=O) groups excluding carboxylic acids is 2. The van der Waals surface area contributed by atoms with Crippen LogP contribution in [0.4, 0.5) is 11.4 Å². The van der Waals surface area contributed by atoms with Crippen molar-refractivity contribution in [1.29, 1.82) is 0 Å². The number of nitrogens with one attached hydrogen (secondary N) is 1. The lowest BCUT2D eigenvalue weighted by atomic mass is 10.2. The number of ether oxygens (including phenoxy) is 4. The summed E-state index contributed by atoms with van der Waals surface area (Å²) in [6.07, 6.45) is 0. The Balaban J connectivity index is 2.37. The second kappa shape index (κ2) is 13.4. The molecule has 10 heteroatoms. The molecule has 0 spiro atoms. The van der Waals surface area contributed by atoms with Gasteiger partial charge in [-0.3, -0.25) is 9.59 Å². The Morgan fingerprint density at radius 3 is 2.18 bits per heavy atom. The van der Waals surface area contributed by atoms with Gasteiger partial charge in [0.05, 0.1) is 31.5 Å². The maximum absolute atomic E-state index is 13.1. The van der Waals surface area contributed by atoms with Crippen LogP contribution >= 0.6 is 11.6 Å². The number of Topliss-reactive ketones (excluding diaryl/α,β-unsaturated/α-hetero) is 1. The second-order valence-corrected chi connectivity index (χ2v) is 7.24. The van der Waals surface area contributed by atoms with Gasteiger partial charge in [-0.1, -0.05) is 11.6 Å². The Morgan fingerprint density at radius 1 is 0.912 bits per heavy atom. The molecular formula is C24H30ClN3O6. The molecule has 1 amide bonds. The summed E-state index contributed by atoms with van der Waals surface area (Å²) in [5.41, 5.74) is 0.579. The number of benzene rings is 2. The first-order chi connectivity index (χ1) is 16.4. The average Bonchev–Trinajstić information content (AvgIpc) is 2.79. The summed E-state index contributed by atoms with van der Waals surface area (Å²) in [4.78, 5) is 25.3. The summed E-state index contributed by atoms with van der Waals surface area (Å²) in [5, 5.41) is 11.1. The molecular weight excluding hydrogens is 462 g/mol. The van der Waals surface area contributed by atoms with Gasteiger partial charge in [-0.2, -0.15) is 10.2 Å². The maximum Gasteiger partial charge on any atom is 0.259 e. The molecule has 1 N–H and O–H groups in total. The fourth-order valence-electron chi connectivity index (χ4n) is 2.95. The van der Waals surface area contributed by atoms with Gasteiger partial charge >= 0.3 is 0 Å². The summed E-state index contributed by atoms with van der Waals surface area (Å²) in [5.74, 6) is 0.430. The first kappa shape index (κ1) is 26.9. The summed E-state index contributed by atoms with van der Waals surface area (Å²) < 4.78 is 22.3. The van der Waals surface area contributed by atoms with Crippen LogP contribution in [-0.4, -0.2) is 44.2 Å². The highest BCUT2D eigenvalue weighted by molar-refractivity contribution is 6.33. The predicted molar refractivity (Wildman–Crippen MR) is 130 cm³/mol. The molecule has 2 aromatic rings. The molecule has 0 bridgehead atoms. The van der Waals surface area contributed by atoms with E-state index >= 15 is 0 Å². The summed E-state index contributed by atoms with van der Waals surface area (Å²) in [7, 11) is 0. The largest absolute Gasteiger partial charge is 0.494 e. The molecule has 0 heterocycles. The van der Waals surface area contributed by atoms with Gasteiger partial charge in [-0.05, 0) is 58.9 Å². The average molecular weight is 492 g/mol. The van der Waals surface area contributed by atoms with E-state index in [1.807, 2.05) is 13.8 Å². The summed E-state index contributed by atoms with van der Waals surface area (Å²) in [6.45, 7) is 10.1. The molecule has 34 heavy (non-hydrogen) atoms. The number of halogens is 1. The molecule has 0 saturated carbocycles. The Hall–Kier alpha value is -3.33. The highest BCUT2D eigenvalue weighted by Gasteiger charge is 2.27. The number of azo groups is 1. The molecule has 0 aliphatic heterocycles. The first-order valence-electron chi connectivity index (χ1n) is 11.1. The Morgan fingerprint density at radius 2 is 1.56 bits per heavy atom. The fourth-order valence-corrected chi connectivity index (χ4v) is 3.17. The number of amides is 1. The fraction of sp³-hybridized carbons (Fsp3) is 0.417. The van der Waals surface area contributed by atoms with Gasteiger partial charge in [0.1, 0.15) is 28.6 Å². The van der Waals surface area contributed by atoms with E-state index in [0.29, 0.717) is 49.4 Å². The number of carbonyl (C=O) groups is 2. The lowest BCUT2D eigenvalue weighted by Gasteiger charge is -2.18. The van der Waals surface area contributed by atoms with Crippen molar-refractivity contribution in [2.45, 2.75) is 40.7 Å². The van der Waals surface area contributed by atoms with Crippen LogP contribution in [-0.2, 0) is 9.59 Å². The van der Waals surface area contributed by atoms with E-state index in [2.05, 4.69) is 15.5 Å². The number of hydrogen-bond acceptors (Lipinski definition) is 8. The molecule has 2 rings (SSSR count). The van der Waals surface area contributed by atoms with E-state index in [9.17, 15) is 9.59 Å². The van der Waals surface area contributed by atoms with E-state index in [0.717, 1.165) is 0 Å². The van der Waals surface area contributed by atoms with Crippen LogP contribution in [0.1, 0.15) is 34.6 Å². The highest BCUT2D eigenvalue weighted by Crippen LogP contribution is 2.41. The Bertz CT molecular complexity index is 1030. The number of ketones is 1. The standard InChI is InChI=1S/C24H30ClN3O6/c1-6-31-16-10-12-18(20(14-16)33-8-3)27-28-21(15(5)29)24(30)26-22-19(32-7-2)13-11-17(25)23(22)34-9-4/h10-14,21H,6-9H2,1-5H3,(H,26,30). The molecule has 9 nitrogen and oxygen atoms in total. The second-order valence-electron chi connectivity index (χ2n) is 6.83. The van der Waals surface area contributed by atoms with Crippen LogP contribution in [0.15, 0.2) is 40.6 Å². The van der Waals surface area contributed by atoms with Gasteiger partial charge in [0.2, 0.25) is 6.04 Å². The van der Waals surface area contributed by atoms with Crippen LogP contribution in [0.2, 0.25) is 5.02 Å². The molecule has 0 saturated heterocycles. The van der Waals surface area contributed by atoms with Crippen LogP contribution in [0.25, 0.3) is 0 Å². The number of anilines is 1. The van der Waals surface area contributed by atoms with Crippen molar-refractivity contribution >= 4 is 34.7 Å². The van der Waals surface area contributed by atoms with Crippen molar-refractivity contribution < 1.29 is 28.5 Å². The topological polar surface area (TPSA) is 108 Å². The normalized spacial score (nSPS) is 11.7. The predicted octanol–water partition coefficient (Wildman–Crippen LogP) is 5.61. The van der Waals surface area contributed by atoms with E-state index in [1.165, 1.54) is 6.92 Å². The third kappa shape index (κ3) is 7.08. The number of nitrogens with zero attached hydrogens (tertiary/aromatic N) is 2. The van der Waals surface area contributed by atoms with Crippen LogP contribution < -0.4 is 24.3 Å². The smallest absolute Gasteiger partial charge is 0.259 e. The molecule has 0 aromatic heterocycles. The zero-order valence-electron chi connectivity index (χ0n) is 20.0. The third-order valence-electron chi connectivity index (χ3n) is 4.36. The van der Waals surface area contributed by atoms with E-state index in [4.69, 9.17) is 30.5 Å². The minimum absolute atomic E-state index is 0.221. The highest BCUT2D eigenvalue weighted by atomic mass is 35.5. The van der Waals surface area contributed by atoms with Crippen LogP contribution in [0.5, 0.6) is 23.0 Å². The monoisotopic (exact) mass is 491 g/mol. The van der Waals surface area contributed by atoms with E-state index < -0.39 is 17.7 Å². The van der Waals surface area contributed by atoms with Crippen molar-refractivity contribution in [2.75, 3.05) is 31.7 Å². The molecule has 1 unspecified atom stereocenters. The van der Waals surface area contributed by atoms with E-state index in [-0.39, 0.29) is 16.5 Å². The van der Waals surface area contributed by atoms with Crippen molar-refractivity contribution in [3.8, 4) is 23.0 Å². The molecule has 0 fully saturated rings. The number of hydrogen-bond donors (Lipinski definition) is 1. The van der Waals surface area contributed by atoms with Crippen molar-refractivity contribution in [2.24, 2.45) is 10.2 Å². The van der Waals surface area contributed by atoms with Crippen molar-refractivity contribution in [3.05, 3.63) is 35.4 Å². The van der Waals surface area contributed by atoms with Gasteiger partial charge in [0.15, 0.2) is 11.5 Å². The third-order valence-corrected chi connectivity index (χ3v) is 4.66. The number of rotatable bonds is 13. The molecule has 0 radical (unpaired) electrons. The summed E-state index contributed by atoms with van der Waals surface area (Å²) in [6, 6.07) is 6.84. The van der Waals surface area contributed by atoms with Crippen molar-refractivity contribution in [1.82, 2.24) is 0 Å². The van der Waals surface area contributed by atoms with Gasteiger partial charge in [-0.15, -0.1) is 0 Å².